The average Bonchev–Trinajstić information content (AvgIpc) is 3.62. The summed E-state index contributed by atoms with van der Waals surface area (Å²) in [6, 6.07) is 7.75. The van der Waals surface area contributed by atoms with Gasteiger partial charge in [-0.1, -0.05) is 48.5 Å². The number of anilines is 1. The van der Waals surface area contributed by atoms with Crippen LogP contribution in [0.3, 0.4) is 0 Å². The van der Waals surface area contributed by atoms with Crippen LogP contribution in [-0.2, 0) is 38.1 Å². The Labute approximate surface area is 306 Å². The molecule has 52 heavy (non-hydrogen) atoms. The molecular formula is C40H44N2O9S. The van der Waals surface area contributed by atoms with Crippen molar-refractivity contribution in [3.8, 4) is 0 Å². The molecule has 0 bridgehead atoms. The number of benzene rings is 1. The first-order valence-electron chi connectivity index (χ1n) is 18.0. The van der Waals surface area contributed by atoms with E-state index in [4.69, 9.17) is 18.9 Å². The number of rotatable bonds is 7. The van der Waals surface area contributed by atoms with Gasteiger partial charge in [0.1, 0.15) is 23.4 Å². The zero-order valence-corrected chi connectivity index (χ0v) is 31.0. The molecule has 2 N–H and O–H groups in total. The topological polar surface area (TPSA) is 154 Å². The SMILES string of the molecule is CC(=O)O[C@H]1C=C([C@H](C)[C@H]2CC(C)=C(C)C(=O)O2)[C@@]2(C)CC[C@H]3[C@@H](C[C@H]4O[C@]45[C@@H](OC(=O)/C=C/Nc4nc6ccccc6s4)C=CC(=O)[C@]35C)[C@@]12O. The van der Waals surface area contributed by atoms with E-state index in [0.29, 0.717) is 36.4 Å². The first-order chi connectivity index (χ1) is 24.6. The number of ether oxygens (including phenoxy) is 4. The normalized spacial score (nSPS) is 39.6. The average molecular weight is 729 g/mol. The number of hydrogen-bond donors (Lipinski definition) is 2. The monoisotopic (exact) mass is 728 g/mol. The predicted octanol–water partition coefficient (Wildman–Crippen LogP) is 5.74. The zero-order chi connectivity index (χ0) is 37.0. The van der Waals surface area contributed by atoms with Crippen LogP contribution in [0.5, 0.6) is 0 Å². The summed E-state index contributed by atoms with van der Waals surface area (Å²) in [7, 11) is 0. The molecule has 3 heterocycles. The minimum absolute atomic E-state index is 0.146. The fraction of sp³-hybridized carbons (Fsp3) is 0.525. The maximum Gasteiger partial charge on any atom is 0.333 e. The van der Waals surface area contributed by atoms with E-state index >= 15 is 0 Å². The van der Waals surface area contributed by atoms with Crippen LogP contribution in [0.4, 0.5) is 5.13 Å². The highest BCUT2D eigenvalue weighted by Gasteiger charge is 2.83. The largest absolute Gasteiger partial charge is 0.458 e. The van der Waals surface area contributed by atoms with Crippen molar-refractivity contribution in [1.29, 1.82) is 0 Å². The van der Waals surface area contributed by atoms with Crippen molar-refractivity contribution in [3.05, 3.63) is 71.5 Å². The van der Waals surface area contributed by atoms with Gasteiger partial charge in [-0.2, -0.15) is 0 Å². The van der Waals surface area contributed by atoms with Crippen LogP contribution in [-0.4, -0.2) is 69.4 Å². The maximum atomic E-state index is 14.1. The maximum absolute atomic E-state index is 14.1. The first kappa shape index (κ1) is 34.9. The van der Waals surface area contributed by atoms with Crippen LogP contribution >= 0.6 is 11.3 Å². The third-order valence-electron chi connectivity index (χ3n) is 13.4. The van der Waals surface area contributed by atoms with Crippen LogP contribution in [0.2, 0.25) is 0 Å². The lowest BCUT2D eigenvalue weighted by Crippen LogP contribution is -2.70. The van der Waals surface area contributed by atoms with Crippen LogP contribution in [0, 0.1) is 28.6 Å². The van der Waals surface area contributed by atoms with Gasteiger partial charge in [0, 0.05) is 42.5 Å². The summed E-state index contributed by atoms with van der Waals surface area (Å²) in [5.74, 6) is -2.76. The zero-order valence-electron chi connectivity index (χ0n) is 30.1. The Bertz CT molecular complexity index is 2000. The molecule has 4 aliphatic carbocycles. The molecule has 3 fully saturated rings. The highest BCUT2D eigenvalue weighted by atomic mass is 32.1. The van der Waals surface area contributed by atoms with E-state index in [0.717, 1.165) is 21.4 Å². The molecule has 11 atom stereocenters. The van der Waals surface area contributed by atoms with E-state index in [1.54, 1.807) is 13.0 Å². The van der Waals surface area contributed by atoms with Crippen LogP contribution in [0.15, 0.2) is 71.5 Å². The van der Waals surface area contributed by atoms with Crippen LogP contribution < -0.4 is 5.32 Å². The number of ketones is 1. The number of fused-ring (bicyclic) bond motifs is 5. The standard InChI is InChI=1S/C40H44N2O9S/c1-20-17-28(49-35(46)21(20)2)22(3)25-18-32(48-23(4)43)39(47)26-19-33-40(51-33)31(12-11-30(44)38(40,6)24(26)13-15-37(25,39)5)50-34(45)14-16-41-36-42-27-9-7-8-10-29(27)52-36/h7-12,14,16,18,22,24,26,28,31-33,47H,13,15,17,19H2,1-6H3,(H,41,42)/b16-14+/t22-,24-,26+,28+,31-,32-,33+,37+,38-,39+,40+/m0/s1. The van der Waals surface area contributed by atoms with Crippen molar-refractivity contribution in [2.75, 3.05) is 5.32 Å². The molecule has 6 aliphatic rings. The second-order valence-corrected chi connectivity index (χ2v) is 16.8. The first-order valence-corrected chi connectivity index (χ1v) is 18.9. The van der Waals surface area contributed by atoms with Gasteiger partial charge < -0.3 is 29.4 Å². The van der Waals surface area contributed by atoms with Crippen molar-refractivity contribution in [2.24, 2.45) is 28.6 Å². The van der Waals surface area contributed by atoms with Crippen LogP contribution in [0.1, 0.15) is 67.2 Å². The van der Waals surface area contributed by atoms with Crippen molar-refractivity contribution >= 4 is 50.4 Å². The molecule has 2 aliphatic heterocycles. The van der Waals surface area contributed by atoms with Gasteiger partial charge >= 0.3 is 17.9 Å². The van der Waals surface area contributed by atoms with Gasteiger partial charge in [0.25, 0.3) is 0 Å². The number of esters is 3. The number of nitrogens with zero attached hydrogens (tertiary/aromatic N) is 1. The summed E-state index contributed by atoms with van der Waals surface area (Å²) in [5, 5.41) is 16.9. The molecule has 1 aromatic heterocycles. The van der Waals surface area contributed by atoms with Gasteiger partial charge in [0.15, 0.2) is 17.0 Å². The number of carbonyl (C=O) groups is 4. The lowest BCUT2D eigenvalue weighted by molar-refractivity contribution is -0.225. The molecule has 2 saturated carbocycles. The Balaban J connectivity index is 1.06. The number of carbonyl (C=O) groups excluding carboxylic acids is 4. The number of nitrogens with one attached hydrogen (secondary N) is 1. The van der Waals surface area contributed by atoms with E-state index in [1.807, 2.05) is 58.0 Å². The minimum atomic E-state index is -1.57. The molecule has 11 nitrogen and oxygen atoms in total. The third kappa shape index (κ3) is 4.79. The minimum Gasteiger partial charge on any atom is -0.458 e. The van der Waals surface area contributed by atoms with Crippen molar-refractivity contribution in [2.45, 2.75) is 103 Å². The Hall–Kier alpha value is -4.13. The van der Waals surface area contributed by atoms with E-state index in [9.17, 15) is 24.3 Å². The fourth-order valence-corrected chi connectivity index (χ4v) is 11.4. The van der Waals surface area contributed by atoms with E-state index in [2.05, 4.69) is 10.3 Å². The molecule has 8 rings (SSSR count). The number of thiazole rings is 1. The number of hydrogen-bond acceptors (Lipinski definition) is 12. The van der Waals surface area contributed by atoms with Gasteiger partial charge in [0.05, 0.1) is 21.7 Å². The molecule has 2 aromatic rings. The van der Waals surface area contributed by atoms with Gasteiger partial charge in [-0.05, 0) is 82.2 Å². The van der Waals surface area contributed by atoms with Gasteiger partial charge in [-0.3, -0.25) is 9.59 Å². The smallest absolute Gasteiger partial charge is 0.333 e. The van der Waals surface area contributed by atoms with E-state index < -0.39 is 64.3 Å². The lowest BCUT2D eigenvalue weighted by atomic mass is 9.42. The molecule has 12 heteroatoms. The quantitative estimate of drug-likeness (QED) is 0.118. The Morgan fingerprint density at radius 1 is 1.13 bits per heavy atom. The highest BCUT2D eigenvalue weighted by molar-refractivity contribution is 7.22. The van der Waals surface area contributed by atoms with E-state index in [-0.39, 0.29) is 23.6 Å². The predicted molar refractivity (Wildman–Crippen MR) is 192 cm³/mol. The van der Waals surface area contributed by atoms with Crippen LogP contribution in [0.25, 0.3) is 10.2 Å². The molecule has 0 unspecified atom stereocenters. The number of aromatic nitrogens is 1. The Morgan fingerprint density at radius 3 is 2.63 bits per heavy atom. The summed E-state index contributed by atoms with van der Waals surface area (Å²) in [5.41, 5.74) is -1.33. The molecule has 1 aromatic carbocycles. The van der Waals surface area contributed by atoms with Gasteiger partial charge in [-0.25, -0.2) is 14.6 Å². The molecule has 1 spiro atoms. The second-order valence-electron chi connectivity index (χ2n) is 15.8. The number of epoxide rings is 1. The fourth-order valence-electron chi connectivity index (χ4n) is 10.5. The summed E-state index contributed by atoms with van der Waals surface area (Å²) in [6.45, 7) is 10.9. The molecule has 0 amide bonds. The van der Waals surface area contributed by atoms with Crippen molar-refractivity contribution in [3.63, 3.8) is 0 Å². The summed E-state index contributed by atoms with van der Waals surface area (Å²) >= 11 is 1.47. The molecule has 0 radical (unpaired) electrons. The number of allylic oxidation sites excluding steroid dienone is 1. The van der Waals surface area contributed by atoms with Crippen molar-refractivity contribution < 1.29 is 43.2 Å². The Kier molecular flexibility index (Phi) is 8.02. The number of aliphatic hydroxyl groups is 1. The summed E-state index contributed by atoms with van der Waals surface area (Å²) in [6.07, 6.45) is 7.01. The number of cyclic esters (lactones) is 1. The number of para-hydroxylation sites is 1. The third-order valence-corrected chi connectivity index (χ3v) is 14.4. The van der Waals surface area contributed by atoms with Crippen molar-refractivity contribution in [1.82, 2.24) is 4.98 Å². The van der Waals surface area contributed by atoms with Gasteiger partial charge in [0.2, 0.25) is 0 Å². The summed E-state index contributed by atoms with van der Waals surface area (Å²) < 4.78 is 25.4. The highest BCUT2D eigenvalue weighted by Crippen LogP contribution is 2.74. The van der Waals surface area contributed by atoms with Gasteiger partial charge in [-0.15, -0.1) is 0 Å². The Morgan fingerprint density at radius 2 is 1.90 bits per heavy atom. The summed E-state index contributed by atoms with van der Waals surface area (Å²) in [4.78, 5) is 57.1. The molecular weight excluding hydrogens is 685 g/mol. The molecule has 274 valence electrons. The van der Waals surface area contributed by atoms with E-state index in [1.165, 1.54) is 36.6 Å². The molecule has 1 saturated heterocycles. The lowest BCUT2D eigenvalue weighted by Gasteiger charge is -2.61. The second kappa shape index (κ2) is 11.9.